The molecule has 1 saturated carbocycles. The molecule has 2 heterocycles. The third kappa shape index (κ3) is 3.41. The van der Waals surface area contributed by atoms with E-state index in [-0.39, 0.29) is 23.5 Å². The van der Waals surface area contributed by atoms with Crippen molar-refractivity contribution >= 4 is 34.6 Å². The Morgan fingerprint density at radius 1 is 1.25 bits per heavy atom. The molecule has 2 amide bonds. The molecule has 4 rings (SSSR count). The van der Waals surface area contributed by atoms with Crippen molar-refractivity contribution in [3.05, 3.63) is 58.6 Å². The number of carbonyl (C=O) groups is 2. The first kappa shape index (κ1) is 18.3. The minimum atomic E-state index is -0.436. The zero-order chi connectivity index (χ0) is 19.8. The fourth-order valence-electron chi connectivity index (χ4n) is 2.95. The lowest BCUT2D eigenvalue weighted by atomic mass is 10.2. The SMILES string of the molecule is COc1cc(Cl)c(C)cc1NC(=O)c1nc(C(=O)NC2CC2)n2ccccc12. The number of hydrogen-bond donors (Lipinski definition) is 2. The molecule has 1 fully saturated rings. The Morgan fingerprint density at radius 3 is 2.75 bits per heavy atom. The molecule has 144 valence electrons. The van der Waals surface area contributed by atoms with E-state index in [0.29, 0.717) is 22.0 Å². The second-order valence-electron chi connectivity index (χ2n) is 6.74. The number of aryl methyl sites for hydroxylation is 1. The molecule has 8 heteroatoms. The number of halogens is 1. The van der Waals surface area contributed by atoms with Crippen molar-refractivity contribution in [2.45, 2.75) is 25.8 Å². The zero-order valence-electron chi connectivity index (χ0n) is 15.5. The second kappa shape index (κ2) is 7.16. The van der Waals surface area contributed by atoms with E-state index in [1.165, 1.54) is 7.11 Å². The Morgan fingerprint density at radius 2 is 2.04 bits per heavy atom. The quantitative estimate of drug-likeness (QED) is 0.689. The summed E-state index contributed by atoms with van der Waals surface area (Å²) in [5.41, 5.74) is 1.99. The van der Waals surface area contributed by atoms with Crippen LogP contribution in [-0.4, -0.2) is 34.4 Å². The van der Waals surface area contributed by atoms with Gasteiger partial charge in [-0.3, -0.25) is 14.0 Å². The van der Waals surface area contributed by atoms with Gasteiger partial charge in [-0.1, -0.05) is 17.7 Å². The van der Waals surface area contributed by atoms with Crippen molar-refractivity contribution in [3.63, 3.8) is 0 Å². The highest BCUT2D eigenvalue weighted by molar-refractivity contribution is 6.31. The van der Waals surface area contributed by atoms with Crippen LogP contribution in [0.4, 0.5) is 5.69 Å². The van der Waals surface area contributed by atoms with Gasteiger partial charge in [0.15, 0.2) is 5.69 Å². The number of nitrogens with zero attached hydrogens (tertiary/aromatic N) is 2. The molecule has 0 atom stereocenters. The van der Waals surface area contributed by atoms with Gasteiger partial charge in [-0.25, -0.2) is 4.98 Å². The van der Waals surface area contributed by atoms with E-state index in [4.69, 9.17) is 16.3 Å². The third-order valence-electron chi connectivity index (χ3n) is 4.61. The Kier molecular flexibility index (Phi) is 4.68. The number of pyridine rings is 1. The zero-order valence-corrected chi connectivity index (χ0v) is 16.2. The van der Waals surface area contributed by atoms with Gasteiger partial charge in [0.05, 0.1) is 18.3 Å². The minimum absolute atomic E-state index is 0.163. The molecular formula is C20H19ClN4O3. The summed E-state index contributed by atoms with van der Waals surface area (Å²) >= 11 is 6.13. The first-order valence-electron chi connectivity index (χ1n) is 8.91. The average Bonchev–Trinajstić information content (AvgIpc) is 3.40. The fraction of sp³-hybridized carbons (Fsp3) is 0.250. The van der Waals surface area contributed by atoms with Crippen LogP contribution in [0.2, 0.25) is 5.02 Å². The number of fused-ring (bicyclic) bond motifs is 1. The van der Waals surface area contributed by atoms with E-state index in [1.807, 2.05) is 6.92 Å². The molecule has 3 aromatic rings. The highest BCUT2D eigenvalue weighted by Gasteiger charge is 2.27. The average molecular weight is 399 g/mol. The Labute approximate surface area is 166 Å². The molecular weight excluding hydrogens is 380 g/mol. The van der Waals surface area contributed by atoms with E-state index in [0.717, 1.165) is 18.4 Å². The van der Waals surface area contributed by atoms with Gasteiger partial charge < -0.3 is 15.4 Å². The third-order valence-corrected chi connectivity index (χ3v) is 5.02. The summed E-state index contributed by atoms with van der Waals surface area (Å²) in [5.74, 6) is -0.0945. The van der Waals surface area contributed by atoms with Crippen molar-refractivity contribution < 1.29 is 14.3 Å². The first-order chi connectivity index (χ1) is 13.5. The van der Waals surface area contributed by atoms with Crippen LogP contribution in [0.5, 0.6) is 5.75 Å². The molecule has 7 nitrogen and oxygen atoms in total. The molecule has 0 radical (unpaired) electrons. The molecule has 0 unspecified atom stereocenters. The van der Waals surface area contributed by atoms with Gasteiger partial charge in [-0.15, -0.1) is 0 Å². The summed E-state index contributed by atoms with van der Waals surface area (Å²) < 4.78 is 6.93. The van der Waals surface area contributed by atoms with Gasteiger partial charge in [-0.05, 0) is 43.5 Å². The van der Waals surface area contributed by atoms with E-state index < -0.39 is 5.91 Å². The number of carbonyl (C=O) groups excluding carboxylic acids is 2. The summed E-state index contributed by atoms with van der Waals surface area (Å²) in [6.45, 7) is 1.84. The number of aromatic nitrogens is 2. The maximum absolute atomic E-state index is 13.0. The molecule has 2 aromatic heterocycles. The van der Waals surface area contributed by atoms with Crippen LogP contribution in [0.1, 0.15) is 39.5 Å². The van der Waals surface area contributed by atoms with Crippen LogP contribution in [0.3, 0.4) is 0 Å². The van der Waals surface area contributed by atoms with Crippen LogP contribution in [0.15, 0.2) is 36.5 Å². The smallest absolute Gasteiger partial charge is 0.287 e. The van der Waals surface area contributed by atoms with Crippen LogP contribution < -0.4 is 15.4 Å². The highest BCUT2D eigenvalue weighted by atomic mass is 35.5. The van der Waals surface area contributed by atoms with E-state index >= 15 is 0 Å². The maximum Gasteiger partial charge on any atom is 0.287 e. The predicted octanol–water partition coefficient (Wildman–Crippen LogP) is 3.45. The minimum Gasteiger partial charge on any atom is -0.495 e. The summed E-state index contributed by atoms with van der Waals surface area (Å²) in [6.07, 6.45) is 3.66. The van der Waals surface area contributed by atoms with Crippen LogP contribution >= 0.6 is 11.6 Å². The van der Waals surface area contributed by atoms with Crippen molar-refractivity contribution in [2.24, 2.45) is 0 Å². The predicted molar refractivity (Wildman–Crippen MR) is 106 cm³/mol. The van der Waals surface area contributed by atoms with Crippen molar-refractivity contribution in [2.75, 3.05) is 12.4 Å². The molecule has 1 aliphatic rings. The number of benzene rings is 1. The number of nitrogens with one attached hydrogen (secondary N) is 2. The van der Waals surface area contributed by atoms with Gasteiger partial charge in [-0.2, -0.15) is 0 Å². The number of ether oxygens (including phenoxy) is 1. The Balaban J connectivity index is 1.70. The standard InChI is InChI=1S/C20H19ClN4O3/c1-11-9-14(16(28-2)10-13(11)21)23-19(26)17-15-5-3-4-8-25(15)18(24-17)20(27)22-12-6-7-12/h3-5,8-10,12H,6-7H2,1-2H3,(H,22,27)(H,23,26). The molecule has 0 spiro atoms. The van der Waals surface area contributed by atoms with Crippen molar-refractivity contribution in [3.8, 4) is 5.75 Å². The molecule has 0 saturated heterocycles. The molecule has 0 aliphatic heterocycles. The number of methoxy groups -OCH3 is 1. The van der Waals surface area contributed by atoms with E-state index in [1.54, 1.807) is 40.9 Å². The largest absolute Gasteiger partial charge is 0.495 e. The lowest BCUT2D eigenvalue weighted by Gasteiger charge is -2.11. The molecule has 2 N–H and O–H groups in total. The molecule has 28 heavy (non-hydrogen) atoms. The summed E-state index contributed by atoms with van der Waals surface area (Å²) in [7, 11) is 1.50. The normalized spacial score (nSPS) is 13.4. The van der Waals surface area contributed by atoms with Crippen LogP contribution in [-0.2, 0) is 0 Å². The lowest BCUT2D eigenvalue weighted by molar-refractivity contribution is 0.0940. The number of anilines is 1. The Hall–Kier alpha value is -3.06. The molecule has 1 aromatic carbocycles. The number of amides is 2. The van der Waals surface area contributed by atoms with Gasteiger partial charge in [0, 0.05) is 23.3 Å². The molecule has 1 aliphatic carbocycles. The van der Waals surface area contributed by atoms with Crippen LogP contribution in [0.25, 0.3) is 5.52 Å². The number of hydrogen-bond acceptors (Lipinski definition) is 4. The summed E-state index contributed by atoms with van der Waals surface area (Å²) in [5, 5.41) is 6.26. The second-order valence-corrected chi connectivity index (χ2v) is 7.15. The number of imidazole rings is 1. The molecule has 0 bridgehead atoms. The van der Waals surface area contributed by atoms with Gasteiger partial charge in [0.25, 0.3) is 11.8 Å². The van der Waals surface area contributed by atoms with Gasteiger partial charge in [0.1, 0.15) is 5.75 Å². The monoisotopic (exact) mass is 398 g/mol. The summed E-state index contributed by atoms with van der Waals surface area (Å²) in [6, 6.07) is 8.91. The topological polar surface area (TPSA) is 84.7 Å². The first-order valence-corrected chi connectivity index (χ1v) is 9.29. The van der Waals surface area contributed by atoms with E-state index in [9.17, 15) is 9.59 Å². The van der Waals surface area contributed by atoms with Crippen molar-refractivity contribution in [1.29, 1.82) is 0 Å². The van der Waals surface area contributed by atoms with Crippen molar-refractivity contribution in [1.82, 2.24) is 14.7 Å². The van der Waals surface area contributed by atoms with Crippen LogP contribution in [0, 0.1) is 6.92 Å². The van der Waals surface area contributed by atoms with Gasteiger partial charge in [0.2, 0.25) is 5.82 Å². The highest BCUT2D eigenvalue weighted by Crippen LogP contribution is 2.31. The Bertz CT molecular complexity index is 1090. The van der Waals surface area contributed by atoms with E-state index in [2.05, 4.69) is 15.6 Å². The summed E-state index contributed by atoms with van der Waals surface area (Å²) in [4.78, 5) is 29.8. The maximum atomic E-state index is 13.0. The number of rotatable bonds is 5. The lowest BCUT2D eigenvalue weighted by Crippen LogP contribution is -2.27. The van der Waals surface area contributed by atoms with Gasteiger partial charge >= 0.3 is 0 Å². The fourth-order valence-corrected chi connectivity index (χ4v) is 3.11.